The molecule has 0 unspecified atom stereocenters. The van der Waals surface area contributed by atoms with Gasteiger partial charge in [-0.25, -0.2) is 0 Å². The molecular weight excluding hydrogens is 295 g/mol. The Bertz CT molecular complexity index is 435. The van der Waals surface area contributed by atoms with E-state index in [1.807, 2.05) is 12.1 Å². The van der Waals surface area contributed by atoms with Crippen molar-refractivity contribution >= 4 is 35.3 Å². The lowest BCUT2D eigenvalue weighted by Crippen LogP contribution is -2.38. The van der Waals surface area contributed by atoms with Crippen molar-refractivity contribution in [2.75, 3.05) is 6.61 Å². The molecule has 0 N–H and O–H groups in total. The lowest BCUT2D eigenvalue weighted by molar-refractivity contribution is 0.354. The lowest BCUT2D eigenvalue weighted by atomic mass is 9.86. The normalized spacial score (nSPS) is 12.4. The van der Waals surface area contributed by atoms with Gasteiger partial charge in [0.05, 0.1) is 0 Å². The maximum atomic E-state index is 6.61. The molecule has 0 aromatic heterocycles. The molecular formula is C15H22Cl2OSi. The van der Waals surface area contributed by atoms with E-state index in [1.165, 1.54) is 0 Å². The predicted octanol–water partition coefficient (Wildman–Crippen LogP) is 4.85. The van der Waals surface area contributed by atoms with Crippen LogP contribution in [0.4, 0.5) is 0 Å². The molecule has 0 heterocycles. The minimum Gasteiger partial charge on any atom is -0.489 e. The highest BCUT2D eigenvalue weighted by Gasteiger charge is 2.30. The minimum absolute atomic E-state index is 0.0489. The first-order valence-electron chi connectivity index (χ1n) is 6.34. The van der Waals surface area contributed by atoms with Crippen LogP contribution in [0.15, 0.2) is 24.8 Å². The van der Waals surface area contributed by atoms with Crippen molar-refractivity contribution in [1.29, 1.82) is 0 Å². The molecule has 1 aromatic carbocycles. The van der Waals surface area contributed by atoms with Crippen LogP contribution in [0, 0.1) is 0 Å². The van der Waals surface area contributed by atoms with Gasteiger partial charge < -0.3 is 4.74 Å². The average Bonchev–Trinajstić information content (AvgIpc) is 2.23. The fraction of sp³-hybridized carbons (Fsp3) is 0.467. The fourth-order valence-corrected chi connectivity index (χ4v) is 3.87. The van der Waals surface area contributed by atoms with Crippen molar-refractivity contribution in [2.45, 2.75) is 39.3 Å². The second-order valence-electron chi connectivity index (χ2n) is 6.15. The zero-order valence-electron chi connectivity index (χ0n) is 12.3. The molecule has 0 radical (unpaired) electrons. The third kappa shape index (κ3) is 4.27. The van der Waals surface area contributed by atoms with E-state index in [1.54, 1.807) is 6.08 Å². The summed E-state index contributed by atoms with van der Waals surface area (Å²) in [5, 5.41) is 1.76. The van der Waals surface area contributed by atoms with Gasteiger partial charge in [0.2, 0.25) is 0 Å². The minimum atomic E-state index is -2.04. The highest BCUT2D eigenvalue weighted by Crippen LogP contribution is 2.34. The highest BCUT2D eigenvalue weighted by molar-refractivity contribution is 7.26. The maximum absolute atomic E-state index is 6.61. The van der Waals surface area contributed by atoms with E-state index in [4.69, 9.17) is 27.4 Å². The summed E-state index contributed by atoms with van der Waals surface area (Å²) < 4.78 is 5.90. The average molecular weight is 317 g/mol. The molecule has 1 rings (SSSR count). The van der Waals surface area contributed by atoms with Gasteiger partial charge in [-0.3, -0.25) is 0 Å². The molecule has 0 saturated carbocycles. The van der Waals surface area contributed by atoms with Crippen LogP contribution in [0.25, 0.3) is 0 Å². The summed E-state index contributed by atoms with van der Waals surface area (Å²) in [5.41, 5.74) is 1.05. The Hall–Kier alpha value is -0.443. The quantitative estimate of drug-likeness (QED) is 0.438. The molecule has 0 aliphatic carbocycles. The first kappa shape index (κ1) is 16.6. The van der Waals surface area contributed by atoms with E-state index in [0.29, 0.717) is 11.6 Å². The third-order valence-electron chi connectivity index (χ3n) is 2.85. The maximum Gasteiger partial charge on any atom is 0.185 e. The van der Waals surface area contributed by atoms with E-state index in [2.05, 4.69) is 40.4 Å². The second kappa shape index (κ2) is 5.90. The molecule has 0 aliphatic rings. The first-order chi connectivity index (χ1) is 8.57. The number of halogens is 2. The SMILES string of the molecule is C=CCOc1c(C(C)(C)C)cc(Cl)cc1[Si](C)(C)Cl. The van der Waals surface area contributed by atoms with E-state index < -0.39 is 7.38 Å². The number of hydrogen-bond acceptors (Lipinski definition) is 1. The van der Waals surface area contributed by atoms with Crippen LogP contribution >= 0.6 is 22.7 Å². The van der Waals surface area contributed by atoms with Gasteiger partial charge in [0.1, 0.15) is 12.4 Å². The van der Waals surface area contributed by atoms with Crippen LogP contribution in [0.1, 0.15) is 26.3 Å². The molecule has 106 valence electrons. The van der Waals surface area contributed by atoms with Crippen molar-refractivity contribution in [3.8, 4) is 5.75 Å². The van der Waals surface area contributed by atoms with E-state index in [0.717, 1.165) is 16.5 Å². The van der Waals surface area contributed by atoms with Crippen molar-refractivity contribution in [3.63, 3.8) is 0 Å². The Labute approximate surface area is 127 Å². The lowest BCUT2D eigenvalue weighted by Gasteiger charge is -2.28. The largest absolute Gasteiger partial charge is 0.489 e. The van der Waals surface area contributed by atoms with E-state index in [-0.39, 0.29) is 5.41 Å². The van der Waals surface area contributed by atoms with E-state index in [9.17, 15) is 0 Å². The molecule has 0 fully saturated rings. The number of rotatable bonds is 4. The molecule has 4 heteroatoms. The Morgan fingerprint density at radius 3 is 2.32 bits per heavy atom. The van der Waals surface area contributed by atoms with Gasteiger partial charge in [-0.2, -0.15) is 11.1 Å². The molecule has 19 heavy (non-hydrogen) atoms. The summed E-state index contributed by atoms with van der Waals surface area (Å²) in [6, 6.07) is 3.91. The molecule has 1 aromatic rings. The zero-order valence-corrected chi connectivity index (χ0v) is 14.8. The van der Waals surface area contributed by atoms with Crippen molar-refractivity contribution in [3.05, 3.63) is 35.4 Å². The van der Waals surface area contributed by atoms with Crippen LogP contribution in [-0.2, 0) is 5.41 Å². The Balaban J connectivity index is 3.53. The summed E-state index contributed by atoms with van der Waals surface area (Å²) in [4.78, 5) is 0. The standard InChI is InChI=1S/C15H22Cl2OSi/c1-7-8-18-14-12(15(2,3)4)9-11(16)10-13(14)19(5,6)17/h7,9-10H,1,8H2,2-6H3. The number of benzene rings is 1. The zero-order chi connectivity index (χ0) is 14.8. The summed E-state index contributed by atoms with van der Waals surface area (Å²) in [7, 11) is -2.04. The smallest absolute Gasteiger partial charge is 0.185 e. The van der Waals surface area contributed by atoms with Gasteiger partial charge >= 0.3 is 0 Å². The van der Waals surface area contributed by atoms with Crippen LogP contribution in [0.3, 0.4) is 0 Å². The Morgan fingerprint density at radius 2 is 1.89 bits per heavy atom. The summed E-state index contributed by atoms with van der Waals surface area (Å²) >= 11 is 12.9. The molecule has 0 amide bonds. The van der Waals surface area contributed by atoms with Crippen LogP contribution in [0.2, 0.25) is 18.1 Å². The summed E-state index contributed by atoms with van der Waals surface area (Å²) in [6.45, 7) is 14.8. The molecule has 0 spiro atoms. The molecule has 0 aliphatic heterocycles. The predicted molar refractivity (Wildman–Crippen MR) is 88.8 cm³/mol. The van der Waals surface area contributed by atoms with Crippen LogP contribution in [-0.4, -0.2) is 14.0 Å². The third-order valence-corrected chi connectivity index (χ3v) is 5.33. The number of hydrogen-bond donors (Lipinski definition) is 0. The molecule has 0 atom stereocenters. The van der Waals surface area contributed by atoms with Gasteiger partial charge in [-0.15, -0.1) is 0 Å². The fourth-order valence-electron chi connectivity index (χ4n) is 1.89. The molecule has 1 nitrogen and oxygen atoms in total. The molecule has 0 saturated heterocycles. The van der Waals surface area contributed by atoms with Crippen molar-refractivity contribution in [2.24, 2.45) is 0 Å². The molecule has 0 bridgehead atoms. The van der Waals surface area contributed by atoms with Gasteiger partial charge in [-0.05, 0) is 22.7 Å². The van der Waals surface area contributed by atoms with Crippen LogP contribution in [0.5, 0.6) is 5.75 Å². The highest BCUT2D eigenvalue weighted by atomic mass is 35.6. The van der Waals surface area contributed by atoms with Crippen molar-refractivity contribution in [1.82, 2.24) is 0 Å². The summed E-state index contributed by atoms with van der Waals surface area (Å²) in [6.07, 6.45) is 1.74. The van der Waals surface area contributed by atoms with Gasteiger partial charge in [-0.1, -0.05) is 58.1 Å². The first-order valence-corrected chi connectivity index (χ1v) is 10.7. The van der Waals surface area contributed by atoms with Crippen molar-refractivity contribution < 1.29 is 4.74 Å². The monoisotopic (exact) mass is 316 g/mol. The summed E-state index contributed by atoms with van der Waals surface area (Å²) in [5.74, 6) is 0.878. The topological polar surface area (TPSA) is 9.23 Å². The second-order valence-corrected chi connectivity index (χ2v) is 12.9. The van der Waals surface area contributed by atoms with E-state index >= 15 is 0 Å². The van der Waals surface area contributed by atoms with Gasteiger partial charge in [0.15, 0.2) is 7.38 Å². The van der Waals surface area contributed by atoms with Gasteiger partial charge in [0, 0.05) is 10.6 Å². The number of ether oxygens (including phenoxy) is 1. The van der Waals surface area contributed by atoms with Gasteiger partial charge in [0.25, 0.3) is 0 Å². The van der Waals surface area contributed by atoms with Crippen LogP contribution < -0.4 is 9.92 Å². The Morgan fingerprint density at radius 1 is 1.32 bits per heavy atom. The Kier molecular flexibility index (Phi) is 5.16.